The first kappa shape index (κ1) is 26.1. The summed E-state index contributed by atoms with van der Waals surface area (Å²) in [4.78, 5) is 4.79. The first-order valence-electron chi connectivity index (χ1n) is 13.3. The van der Waals surface area contributed by atoms with Crippen molar-refractivity contribution in [2.75, 3.05) is 26.1 Å². The van der Waals surface area contributed by atoms with Crippen molar-refractivity contribution in [3.05, 3.63) is 65.7 Å². The molecule has 38 heavy (non-hydrogen) atoms. The van der Waals surface area contributed by atoms with Crippen molar-refractivity contribution in [1.82, 2.24) is 20.0 Å². The van der Waals surface area contributed by atoms with Crippen molar-refractivity contribution in [3.8, 4) is 16.9 Å². The third-order valence-electron chi connectivity index (χ3n) is 7.57. The maximum absolute atomic E-state index is 14.7. The van der Waals surface area contributed by atoms with Gasteiger partial charge in [-0.1, -0.05) is 44.2 Å². The minimum atomic E-state index is -0.295. The lowest BCUT2D eigenvalue weighted by atomic mass is 9.79. The highest BCUT2D eigenvalue weighted by Crippen LogP contribution is 2.41. The van der Waals surface area contributed by atoms with E-state index in [4.69, 9.17) is 20.2 Å². The average molecular weight is 518 g/mol. The van der Waals surface area contributed by atoms with Crippen LogP contribution in [0, 0.1) is 11.7 Å². The zero-order valence-corrected chi connectivity index (χ0v) is 22.6. The highest BCUT2D eigenvalue weighted by molar-refractivity contribution is 5.90. The van der Waals surface area contributed by atoms with Crippen molar-refractivity contribution in [2.45, 2.75) is 57.9 Å². The molecule has 1 aliphatic heterocycles. The number of hydrogen-bond acceptors (Lipinski definition) is 6. The fraction of sp³-hybridized carbons (Fsp3) is 0.433. The number of methoxy groups -OCH3 is 1. The number of rotatable bonds is 7. The van der Waals surface area contributed by atoms with Crippen LogP contribution in [0.15, 0.2) is 48.7 Å². The molecule has 2 aromatic heterocycles. The molecule has 1 unspecified atom stereocenters. The van der Waals surface area contributed by atoms with Gasteiger partial charge in [0.15, 0.2) is 0 Å². The predicted molar refractivity (Wildman–Crippen MR) is 148 cm³/mol. The third kappa shape index (κ3) is 5.36. The minimum Gasteiger partial charge on any atom is -0.496 e. The number of aromatic nitrogens is 4. The molecule has 0 spiro atoms. The summed E-state index contributed by atoms with van der Waals surface area (Å²) in [6, 6.07) is 12.7. The lowest BCUT2D eigenvalue weighted by Crippen LogP contribution is -2.24. The maximum Gasteiger partial charge on any atom is 0.131 e. The van der Waals surface area contributed by atoms with Crippen LogP contribution < -0.4 is 10.5 Å². The number of hydrogen-bond donors (Lipinski definition) is 1. The van der Waals surface area contributed by atoms with Gasteiger partial charge in [-0.3, -0.25) is 4.68 Å². The minimum absolute atomic E-state index is 0.0535. The molecule has 2 N–H and O–H groups in total. The summed E-state index contributed by atoms with van der Waals surface area (Å²) in [6.07, 6.45) is 4.83. The Morgan fingerprint density at radius 3 is 2.58 bits per heavy atom. The Morgan fingerprint density at radius 1 is 1.13 bits per heavy atom. The molecule has 1 atom stereocenters. The summed E-state index contributed by atoms with van der Waals surface area (Å²) in [5.74, 6) is 1.38. The normalized spacial score (nSPS) is 15.6. The van der Waals surface area contributed by atoms with Crippen LogP contribution in [-0.2, 0) is 16.7 Å². The topological polar surface area (TPSA) is 88.1 Å². The summed E-state index contributed by atoms with van der Waals surface area (Å²) in [5, 5.41) is 9.67. The van der Waals surface area contributed by atoms with Gasteiger partial charge in [0.05, 0.1) is 18.3 Å². The van der Waals surface area contributed by atoms with Gasteiger partial charge in [-0.2, -0.15) is 0 Å². The molecule has 7 nitrogen and oxygen atoms in total. The zero-order chi connectivity index (χ0) is 26.9. The Hall–Kier alpha value is -3.52. The second-order valence-corrected chi connectivity index (χ2v) is 11.1. The highest BCUT2D eigenvalue weighted by atomic mass is 19.1. The van der Waals surface area contributed by atoms with E-state index in [0.29, 0.717) is 28.6 Å². The molecular formula is C30H36FN5O2. The van der Waals surface area contributed by atoms with E-state index < -0.39 is 0 Å². The molecule has 1 aliphatic rings. The Morgan fingerprint density at radius 2 is 1.89 bits per heavy atom. The molecule has 0 aliphatic carbocycles. The molecule has 3 heterocycles. The van der Waals surface area contributed by atoms with Crippen molar-refractivity contribution in [1.29, 1.82) is 0 Å². The number of nitrogens with two attached hydrogens (primary N) is 1. The Labute approximate surface area is 223 Å². The van der Waals surface area contributed by atoms with Crippen LogP contribution in [0.3, 0.4) is 0 Å². The Bertz CT molecular complexity index is 1420. The van der Waals surface area contributed by atoms with Gasteiger partial charge < -0.3 is 15.2 Å². The second kappa shape index (κ2) is 10.7. The van der Waals surface area contributed by atoms with E-state index in [1.807, 2.05) is 29.1 Å². The van der Waals surface area contributed by atoms with Gasteiger partial charge in [0.2, 0.25) is 0 Å². The molecular weight excluding hydrogens is 481 g/mol. The number of benzene rings is 2. The van der Waals surface area contributed by atoms with Crippen LogP contribution in [0.5, 0.6) is 5.75 Å². The fourth-order valence-corrected chi connectivity index (χ4v) is 5.38. The van der Waals surface area contributed by atoms with Crippen molar-refractivity contribution in [2.24, 2.45) is 5.92 Å². The molecule has 1 fully saturated rings. The Balaban J connectivity index is 1.54. The van der Waals surface area contributed by atoms with E-state index in [0.717, 1.165) is 61.2 Å². The van der Waals surface area contributed by atoms with Crippen LogP contribution >= 0.6 is 0 Å². The van der Waals surface area contributed by atoms with Gasteiger partial charge in [-0.15, -0.1) is 5.10 Å². The number of ether oxygens (including phenoxy) is 2. The molecule has 5 rings (SSSR count). The second-order valence-electron chi connectivity index (χ2n) is 11.1. The van der Waals surface area contributed by atoms with Crippen molar-refractivity contribution in [3.63, 3.8) is 0 Å². The smallest absolute Gasteiger partial charge is 0.131 e. The van der Waals surface area contributed by atoms with E-state index in [1.54, 1.807) is 19.2 Å². The fourth-order valence-electron chi connectivity index (χ4n) is 5.38. The summed E-state index contributed by atoms with van der Waals surface area (Å²) in [6.45, 7) is 8.63. The number of halogens is 1. The summed E-state index contributed by atoms with van der Waals surface area (Å²) >= 11 is 0. The lowest BCUT2D eigenvalue weighted by molar-refractivity contribution is 0.0561. The SMILES string of the molecule is COc1cc2nc(N)c(C(CCn3cc(C(C)(C)C)nn3)C3CCOCC3)cc2cc1-c1ccccc1F. The molecule has 2 aromatic carbocycles. The molecule has 1 saturated heterocycles. The van der Waals surface area contributed by atoms with Crippen molar-refractivity contribution < 1.29 is 13.9 Å². The highest BCUT2D eigenvalue weighted by Gasteiger charge is 2.28. The number of pyridine rings is 1. The van der Waals surface area contributed by atoms with E-state index >= 15 is 0 Å². The van der Waals surface area contributed by atoms with Crippen LogP contribution in [0.1, 0.15) is 57.2 Å². The number of anilines is 1. The summed E-state index contributed by atoms with van der Waals surface area (Å²) < 4.78 is 27.9. The molecule has 0 amide bonds. The largest absolute Gasteiger partial charge is 0.496 e. The number of nitrogen functional groups attached to an aromatic ring is 1. The van der Waals surface area contributed by atoms with E-state index in [2.05, 4.69) is 37.1 Å². The quantitative estimate of drug-likeness (QED) is 0.318. The monoisotopic (exact) mass is 517 g/mol. The molecule has 4 aromatic rings. The third-order valence-corrected chi connectivity index (χ3v) is 7.57. The summed E-state index contributed by atoms with van der Waals surface area (Å²) in [7, 11) is 1.58. The van der Waals surface area contributed by atoms with Gasteiger partial charge in [-0.25, -0.2) is 9.37 Å². The van der Waals surface area contributed by atoms with E-state index in [1.165, 1.54) is 6.07 Å². The number of aryl methyl sites for hydroxylation is 1. The number of fused-ring (bicyclic) bond motifs is 1. The van der Waals surface area contributed by atoms with Crippen LogP contribution in [0.4, 0.5) is 10.2 Å². The maximum atomic E-state index is 14.7. The lowest BCUT2D eigenvalue weighted by Gasteiger charge is -2.31. The van der Waals surface area contributed by atoms with Crippen LogP contribution in [-0.4, -0.2) is 40.3 Å². The van der Waals surface area contributed by atoms with Gasteiger partial charge in [-0.05, 0) is 54.9 Å². The molecule has 200 valence electrons. The van der Waals surface area contributed by atoms with E-state index in [9.17, 15) is 4.39 Å². The van der Waals surface area contributed by atoms with Gasteiger partial charge in [0.25, 0.3) is 0 Å². The first-order valence-corrected chi connectivity index (χ1v) is 13.3. The zero-order valence-electron chi connectivity index (χ0n) is 22.6. The van der Waals surface area contributed by atoms with Gasteiger partial charge in [0.1, 0.15) is 17.4 Å². The van der Waals surface area contributed by atoms with Crippen LogP contribution in [0.25, 0.3) is 22.0 Å². The summed E-state index contributed by atoms with van der Waals surface area (Å²) in [5.41, 5.74) is 10.5. The van der Waals surface area contributed by atoms with Crippen LogP contribution in [0.2, 0.25) is 0 Å². The standard InChI is InChI=1S/C30H36FN5O2/c1-30(2,3)28-18-36(35-34-28)12-9-21(19-10-13-38-14-11-19)24-16-20-15-23(22-7-5-6-8-25(22)31)27(37-4)17-26(20)33-29(24)32/h5-8,15-19,21H,9-14H2,1-4H3,(H2,32,33). The number of nitrogens with zero attached hydrogens (tertiary/aromatic N) is 4. The average Bonchev–Trinajstić information content (AvgIpc) is 3.39. The Kier molecular flexibility index (Phi) is 7.34. The first-order chi connectivity index (χ1) is 18.2. The molecule has 8 heteroatoms. The molecule has 0 radical (unpaired) electrons. The van der Waals surface area contributed by atoms with Crippen molar-refractivity contribution >= 4 is 16.7 Å². The molecule has 0 saturated carbocycles. The molecule has 0 bridgehead atoms. The van der Waals surface area contributed by atoms with Gasteiger partial charge >= 0.3 is 0 Å². The van der Waals surface area contributed by atoms with E-state index in [-0.39, 0.29) is 17.2 Å². The predicted octanol–water partition coefficient (Wildman–Crippen LogP) is 6.12. The van der Waals surface area contributed by atoms with Gasteiger partial charge in [0, 0.05) is 53.9 Å².